The van der Waals surface area contributed by atoms with Gasteiger partial charge in [0.2, 0.25) is 0 Å². The lowest BCUT2D eigenvalue weighted by Gasteiger charge is -2.46. The van der Waals surface area contributed by atoms with Crippen LogP contribution >= 0.6 is 0 Å². The molecule has 0 saturated carbocycles. The third kappa shape index (κ3) is 7.62. The van der Waals surface area contributed by atoms with Gasteiger partial charge >= 0.3 is 5.69 Å². The van der Waals surface area contributed by atoms with Crippen LogP contribution in [0.25, 0.3) is 0 Å². The first-order valence-electron chi connectivity index (χ1n) is 14.6. The van der Waals surface area contributed by atoms with Crippen molar-refractivity contribution in [3.63, 3.8) is 0 Å². The van der Waals surface area contributed by atoms with Gasteiger partial charge in [-0.1, -0.05) is 68.9 Å². The summed E-state index contributed by atoms with van der Waals surface area (Å²) in [6, 6.07) is 1.33. The number of aromatic amines is 1. The second-order valence-electron chi connectivity index (χ2n) is 16.0. The lowest BCUT2D eigenvalue weighted by atomic mass is 9.96. The van der Waals surface area contributed by atoms with E-state index in [1.165, 1.54) is 16.8 Å². The van der Waals surface area contributed by atoms with Gasteiger partial charge in [-0.3, -0.25) is 14.3 Å². The Morgan fingerprint density at radius 3 is 1.85 bits per heavy atom. The van der Waals surface area contributed by atoms with Gasteiger partial charge in [-0.05, 0) is 60.5 Å². The van der Waals surface area contributed by atoms with E-state index in [9.17, 15) is 9.59 Å². The Morgan fingerprint density at radius 1 is 0.927 bits per heavy atom. The molecule has 0 aromatic carbocycles. The smallest absolute Gasteiger partial charge is 0.330 e. The molecule has 1 fully saturated rings. The molecule has 1 aliphatic heterocycles. The molecule has 0 spiro atoms. The first-order valence-corrected chi connectivity index (χ1v) is 23.3. The van der Waals surface area contributed by atoms with Gasteiger partial charge in [-0.2, -0.15) is 0 Å². The second-order valence-corrected chi connectivity index (χ2v) is 30.3. The van der Waals surface area contributed by atoms with Gasteiger partial charge in [-0.15, -0.1) is 5.73 Å². The van der Waals surface area contributed by atoms with Gasteiger partial charge in [0.15, 0.2) is 31.2 Å². The van der Waals surface area contributed by atoms with Gasteiger partial charge in [0, 0.05) is 12.3 Å². The highest BCUT2D eigenvalue weighted by molar-refractivity contribution is 6.75. The van der Waals surface area contributed by atoms with E-state index in [1.807, 2.05) is 0 Å². The molecule has 1 saturated heterocycles. The predicted molar refractivity (Wildman–Crippen MR) is 175 cm³/mol. The van der Waals surface area contributed by atoms with Crippen molar-refractivity contribution in [3.05, 3.63) is 51.5 Å². The normalized spacial score (nSPS) is 24.8. The molecule has 2 heterocycles. The van der Waals surface area contributed by atoms with Crippen LogP contribution in [-0.2, 0) is 18.0 Å². The first kappa shape index (κ1) is 35.9. The number of hydrogen-bond acceptors (Lipinski definition) is 6. The monoisotopic (exact) mass is 624 g/mol. The van der Waals surface area contributed by atoms with Crippen LogP contribution in [0.1, 0.15) is 68.5 Å². The number of ether oxygens (including phenoxy) is 1. The van der Waals surface area contributed by atoms with Crippen LogP contribution in [0.4, 0.5) is 0 Å². The lowest BCUT2D eigenvalue weighted by Crippen LogP contribution is -2.58. The van der Waals surface area contributed by atoms with E-state index in [0.717, 1.165) is 0 Å². The molecule has 0 unspecified atom stereocenters. The number of H-pyrrole nitrogens is 1. The Kier molecular flexibility index (Phi) is 10.2. The molecular formula is C30H56N2O6Si3. The lowest BCUT2D eigenvalue weighted by molar-refractivity contribution is -0.0947. The van der Waals surface area contributed by atoms with Crippen molar-refractivity contribution >= 4 is 25.0 Å². The Bertz CT molecular complexity index is 1240. The third-order valence-electron chi connectivity index (χ3n) is 9.80. The van der Waals surface area contributed by atoms with Crippen molar-refractivity contribution < 1.29 is 18.0 Å². The van der Waals surface area contributed by atoms with E-state index >= 15 is 0 Å². The summed E-state index contributed by atoms with van der Waals surface area (Å²) in [5, 5.41) is -0.260. The highest BCUT2D eigenvalue weighted by atomic mass is 28.4. The average molecular weight is 625 g/mol. The van der Waals surface area contributed by atoms with Crippen LogP contribution in [0.15, 0.2) is 40.2 Å². The summed E-state index contributed by atoms with van der Waals surface area (Å²) < 4.78 is 29.5. The Labute approximate surface area is 250 Å². The van der Waals surface area contributed by atoms with E-state index in [2.05, 4.69) is 119 Å². The van der Waals surface area contributed by atoms with E-state index < -0.39 is 60.2 Å². The largest absolute Gasteiger partial charge is 0.413 e. The molecule has 0 radical (unpaired) electrons. The van der Waals surface area contributed by atoms with Crippen LogP contribution in [0.5, 0.6) is 0 Å². The zero-order valence-electron chi connectivity index (χ0n) is 28.3. The van der Waals surface area contributed by atoms with Crippen LogP contribution in [0.3, 0.4) is 0 Å². The minimum absolute atomic E-state index is 0.0350. The van der Waals surface area contributed by atoms with Gasteiger partial charge < -0.3 is 18.0 Å². The SMILES string of the molecule is C=C=C[C@]1(CO[Si](C)(C)C(C)(C)C)O[C@@H](n2ccc(=O)[nH]c2=O)[C@H](O[Si](C)(C)C(C)(C)C)[C@@H]1O[Si](C)(C)C(C)(C)C. The van der Waals surface area contributed by atoms with E-state index in [-0.39, 0.29) is 21.7 Å². The molecular weight excluding hydrogens is 569 g/mol. The summed E-state index contributed by atoms with van der Waals surface area (Å²) in [6.07, 6.45) is 1.09. The van der Waals surface area contributed by atoms with Crippen molar-refractivity contribution in [3.8, 4) is 0 Å². The standard InChI is InChI=1S/C30H56N2O6Si3/c1-17-19-30(21-35-39(11,12)27(2,3)4)24(38-41(15,16)29(8,9)10)23(37-40(13,14)28(5,6)7)25(36-30)32-20-18-22(33)31-26(32)34/h18-20,23-25H,1,21H2,2-16H3,(H,31,33,34)/t23-,24+,25-,30-/m1/s1. The van der Waals surface area contributed by atoms with Gasteiger partial charge in [-0.25, -0.2) is 4.79 Å². The van der Waals surface area contributed by atoms with Crippen molar-refractivity contribution in [2.45, 2.75) is 141 Å². The number of rotatable bonds is 9. The van der Waals surface area contributed by atoms with Crippen LogP contribution in [0.2, 0.25) is 54.4 Å². The fourth-order valence-corrected chi connectivity index (χ4v) is 7.50. The molecule has 2 rings (SSSR count). The predicted octanol–water partition coefficient (Wildman–Crippen LogP) is 6.95. The molecule has 1 aliphatic rings. The van der Waals surface area contributed by atoms with Crippen molar-refractivity contribution in [2.24, 2.45) is 0 Å². The maximum Gasteiger partial charge on any atom is 0.330 e. The van der Waals surface area contributed by atoms with Crippen molar-refractivity contribution in [2.75, 3.05) is 6.61 Å². The Morgan fingerprint density at radius 2 is 1.41 bits per heavy atom. The molecule has 11 heteroatoms. The highest BCUT2D eigenvalue weighted by Gasteiger charge is 2.61. The quantitative estimate of drug-likeness (QED) is 0.236. The third-order valence-corrected chi connectivity index (χ3v) is 23.2. The molecule has 0 aliphatic carbocycles. The molecule has 1 N–H and O–H groups in total. The van der Waals surface area contributed by atoms with Crippen LogP contribution in [-0.4, -0.2) is 58.9 Å². The fraction of sp³-hybridized carbons (Fsp3) is 0.767. The van der Waals surface area contributed by atoms with Crippen LogP contribution < -0.4 is 11.2 Å². The Hall–Kier alpha value is -1.31. The Balaban J connectivity index is 2.89. The minimum atomic E-state index is -2.42. The summed E-state index contributed by atoms with van der Waals surface area (Å²) in [6.45, 7) is 37.0. The molecule has 0 bridgehead atoms. The van der Waals surface area contributed by atoms with Gasteiger partial charge in [0.1, 0.15) is 17.8 Å². The summed E-state index contributed by atoms with van der Waals surface area (Å²) in [5.41, 5.74) is 0.790. The van der Waals surface area contributed by atoms with E-state index in [4.69, 9.17) is 18.0 Å². The average Bonchev–Trinajstić information content (AvgIpc) is 3.03. The number of nitrogens with zero attached hydrogens (tertiary/aromatic N) is 1. The van der Waals surface area contributed by atoms with Gasteiger partial charge in [0.25, 0.3) is 5.56 Å². The van der Waals surface area contributed by atoms with Gasteiger partial charge in [0.05, 0.1) is 6.61 Å². The number of aromatic nitrogens is 2. The molecule has 234 valence electrons. The second kappa shape index (κ2) is 11.6. The molecule has 0 amide bonds. The first-order chi connectivity index (χ1) is 18.2. The highest BCUT2D eigenvalue weighted by Crippen LogP contribution is 2.50. The van der Waals surface area contributed by atoms with E-state index in [1.54, 1.807) is 6.08 Å². The zero-order chi connectivity index (χ0) is 32.0. The molecule has 4 atom stereocenters. The molecule has 1 aromatic heterocycles. The summed E-state index contributed by atoms with van der Waals surface area (Å²) in [7, 11) is -7.07. The summed E-state index contributed by atoms with van der Waals surface area (Å²) in [5.74, 6) is 0. The van der Waals surface area contributed by atoms with Crippen molar-refractivity contribution in [1.29, 1.82) is 0 Å². The molecule has 1 aromatic rings. The summed E-state index contributed by atoms with van der Waals surface area (Å²) >= 11 is 0. The number of hydrogen-bond donors (Lipinski definition) is 1. The fourth-order valence-electron chi connectivity index (χ4n) is 3.88. The molecule has 8 nitrogen and oxygen atoms in total. The minimum Gasteiger partial charge on any atom is -0.413 e. The van der Waals surface area contributed by atoms with Crippen molar-refractivity contribution in [1.82, 2.24) is 9.55 Å². The molecule has 41 heavy (non-hydrogen) atoms. The maximum atomic E-state index is 13.2. The van der Waals surface area contributed by atoms with E-state index in [0.29, 0.717) is 0 Å². The maximum absolute atomic E-state index is 13.2. The van der Waals surface area contributed by atoms with Crippen LogP contribution in [0, 0.1) is 0 Å². The zero-order valence-corrected chi connectivity index (χ0v) is 31.3. The summed E-state index contributed by atoms with van der Waals surface area (Å²) in [4.78, 5) is 27.6. The topological polar surface area (TPSA) is 91.8 Å². The number of nitrogens with one attached hydrogen (secondary N) is 1.